The molecule has 1 heterocycles. The molecule has 24 heavy (non-hydrogen) atoms. The highest BCUT2D eigenvalue weighted by Crippen LogP contribution is 2.25. The fourth-order valence-corrected chi connectivity index (χ4v) is 3.26. The Morgan fingerprint density at radius 1 is 1.29 bits per heavy atom. The van der Waals surface area contributed by atoms with Gasteiger partial charge in [-0.15, -0.1) is 11.3 Å². The van der Waals surface area contributed by atoms with E-state index in [9.17, 15) is 13.2 Å². The quantitative estimate of drug-likeness (QED) is 0.813. The highest BCUT2D eigenvalue weighted by molar-refractivity contribution is 7.92. The van der Waals surface area contributed by atoms with Gasteiger partial charge in [-0.1, -0.05) is 37.6 Å². The van der Waals surface area contributed by atoms with E-state index < -0.39 is 21.0 Å². The molecule has 1 aromatic heterocycles. The van der Waals surface area contributed by atoms with Crippen LogP contribution in [0.2, 0.25) is 0 Å². The van der Waals surface area contributed by atoms with Crippen LogP contribution in [0, 0.1) is 0 Å². The van der Waals surface area contributed by atoms with Crippen molar-refractivity contribution in [3.05, 3.63) is 35.2 Å². The monoisotopic (exact) mass is 366 g/mol. The van der Waals surface area contributed by atoms with Gasteiger partial charge in [0, 0.05) is 17.2 Å². The summed E-state index contributed by atoms with van der Waals surface area (Å²) in [5.41, 5.74) is 3.04. The summed E-state index contributed by atoms with van der Waals surface area (Å²) in [7, 11) is -3.42. The minimum absolute atomic E-state index is 0.403. The van der Waals surface area contributed by atoms with Crippen molar-refractivity contribution < 1.29 is 13.2 Å². The summed E-state index contributed by atoms with van der Waals surface area (Å²) < 4.78 is 22.8. The van der Waals surface area contributed by atoms with Crippen LogP contribution in [-0.4, -0.2) is 30.8 Å². The molecule has 0 aliphatic rings. The second kappa shape index (κ2) is 7.90. The molecule has 130 valence electrons. The van der Waals surface area contributed by atoms with Crippen molar-refractivity contribution >= 4 is 32.2 Å². The summed E-state index contributed by atoms with van der Waals surface area (Å²) in [5.74, 6) is -0.562. The van der Waals surface area contributed by atoms with Gasteiger partial charge in [-0.3, -0.25) is 4.79 Å². The maximum Gasteiger partial charge on any atom is 0.244 e. The normalized spacial score (nSPS) is 12.8. The molecule has 1 aromatic carbocycles. The van der Waals surface area contributed by atoms with Crippen molar-refractivity contribution in [2.75, 3.05) is 11.6 Å². The summed E-state index contributed by atoms with van der Waals surface area (Å²) in [4.78, 5) is 16.3. The molecule has 5 nitrogen and oxygen atoms in total. The van der Waals surface area contributed by atoms with E-state index in [2.05, 4.69) is 29.4 Å². The SMILES string of the molecule is CCCCc1ccc(-c2csc(NC(=O)C(C)S(C)(=O)=O)n2)cc1. The standard InChI is InChI=1S/C17H22N2O3S2/c1-4-5-6-13-7-9-14(10-8-13)15-11-23-17(18-15)19-16(20)12(2)24(3,21)22/h7-12H,4-6H2,1-3H3,(H,18,19,20). The number of thiazole rings is 1. The van der Waals surface area contributed by atoms with Gasteiger partial charge in [0.15, 0.2) is 15.0 Å². The van der Waals surface area contributed by atoms with Crippen molar-refractivity contribution in [1.29, 1.82) is 0 Å². The molecule has 1 amide bonds. The number of anilines is 1. The first-order valence-electron chi connectivity index (χ1n) is 7.86. The molecular weight excluding hydrogens is 344 g/mol. The second-order valence-electron chi connectivity index (χ2n) is 5.80. The minimum atomic E-state index is -3.42. The third-order valence-corrected chi connectivity index (χ3v) is 6.07. The van der Waals surface area contributed by atoms with Gasteiger partial charge >= 0.3 is 0 Å². The van der Waals surface area contributed by atoms with Crippen LogP contribution in [0.15, 0.2) is 29.6 Å². The third-order valence-electron chi connectivity index (χ3n) is 3.81. The summed E-state index contributed by atoms with van der Waals surface area (Å²) in [6, 6.07) is 8.22. The van der Waals surface area contributed by atoms with Crippen LogP contribution < -0.4 is 5.32 Å². The number of amides is 1. The maximum absolute atomic E-state index is 11.9. The number of hydrogen-bond donors (Lipinski definition) is 1. The summed E-state index contributed by atoms with van der Waals surface area (Å²) in [5, 5.41) is 3.72. The molecule has 0 bridgehead atoms. The lowest BCUT2D eigenvalue weighted by atomic mass is 10.1. The second-order valence-corrected chi connectivity index (χ2v) is 9.02. The zero-order chi connectivity index (χ0) is 17.7. The Bertz CT molecular complexity index is 795. The first kappa shape index (κ1) is 18.6. The predicted molar refractivity (Wildman–Crippen MR) is 99.1 cm³/mol. The van der Waals surface area contributed by atoms with Crippen LogP contribution in [0.3, 0.4) is 0 Å². The van der Waals surface area contributed by atoms with Crippen molar-refractivity contribution in [2.45, 2.75) is 38.4 Å². The number of carbonyl (C=O) groups excluding carboxylic acids is 1. The van der Waals surface area contributed by atoms with Crippen LogP contribution in [0.25, 0.3) is 11.3 Å². The highest BCUT2D eigenvalue weighted by atomic mass is 32.2. The van der Waals surface area contributed by atoms with E-state index in [1.54, 1.807) is 0 Å². The van der Waals surface area contributed by atoms with E-state index in [-0.39, 0.29) is 0 Å². The van der Waals surface area contributed by atoms with Gasteiger partial charge in [-0.2, -0.15) is 0 Å². The molecule has 0 spiro atoms. The minimum Gasteiger partial charge on any atom is -0.301 e. The van der Waals surface area contributed by atoms with Crippen molar-refractivity contribution in [1.82, 2.24) is 4.98 Å². The van der Waals surface area contributed by atoms with E-state index in [4.69, 9.17) is 0 Å². The molecule has 1 atom stereocenters. The molecule has 2 rings (SSSR count). The molecule has 0 saturated carbocycles. The number of hydrogen-bond acceptors (Lipinski definition) is 5. The van der Waals surface area contributed by atoms with E-state index in [0.29, 0.717) is 5.13 Å². The lowest BCUT2D eigenvalue weighted by Gasteiger charge is -2.07. The molecule has 0 aliphatic heterocycles. The third kappa shape index (κ3) is 4.88. The maximum atomic E-state index is 11.9. The Balaban J connectivity index is 2.06. The Hall–Kier alpha value is -1.73. The van der Waals surface area contributed by atoms with Gasteiger partial charge < -0.3 is 5.32 Å². The zero-order valence-corrected chi connectivity index (χ0v) is 15.7. The number of aromatic nitrogens is 1. The van der Waals surface area contributed by atoms with Crippen LogP contribution in [0.4, 0.5) is 5.13 Å². The van der Waals surface area contributed by atoms with Gasteiger partial charge in [0.05, 0.1) is 5.69 Å². The van der Waals surface area contributed by atoms with E-state index in [1.807, 2.05) is 17.5 Å². The number of sulfone groups is 1. The fourth-order valence-electron chi connectivity index (χ4n) is 2.09. The number of nitrogens with zero attached hydrogens (tertiary/aromatic N) is 1. The van der Waals surface area contributed by atoms with Crippen molar-refractivity contribution in [3.63, 3.8) is 0 Å². The number of rotatable bonds is 7. The van der Waals surface area contributed by atoms with Crippen LogP contribution in [0.1, 0.15) is 32.3 Å². The van der Waals surface area contributed by atoms with Crippen LogP contribution in [0.5, 0.6) is 0 Å². The molecule has 0 radical (unpaired) electrons. The molecule has 0 fully saturated rings. The molecule has 0 aliphatic carbocycles. The van der Waals surface area contributed by atoms with Crippen molar-refractivity contribution in [2.24, 2.45) is 0 Å². The van der Waals surface area contributed by atoms with Gasteiger partial charge in [-0.05, 0) is 25.3 Å². The van der Waals surface area contributed by atoms with E-state index in [1.165, 1.54) is 36.7 Å². The van der Waals surface area contributed by atoms with E-state index >= 15 is 0 Å². The summed E-state index contributed by atoms with van der Waals surface area (Å²) in [6.07, 6.45) is 4.46. The number of benzene rings is 1. The van der Waals surface area contributed by atoms with Gasteiger partial charge in [0.25, 0.3) is 0 Å². The van der Waals surface area contributed by atoms with Gasteiger partial charge in [-0.25, -0.2) is 13.4 Å². The highest BCUT2D eigenvalue weighted by Gasteiger charge is 2.24. The Labute approximate surface area is 147 Å². The number of aryl methyl sites for hydroxylation is 1. The Kier molecular flexibility index (Phi) is 6.12. The molecule has 0 saturated heterocycles. The predicted octanol–water partition coefficient (Wildman–Crippen LogP) is 3.52. The molecular formula is C17H22N2O3S2. The summed E-state index contributed by atoms with van der Waals surface area (Å²) >= 11 is 1.28. The van der Waals surface area contributed by atoms with Gasteiger partial charge in [0.2, 0.25) is 5.91 Å². The largest absolute Gasteiger partial charge is 0.301 e. The van der Waals surface area contributed by atoms with Crippen LogP contribution in [-0.2, 0) is 21.1 Å². The average Bonchev–Trinajstić information content (AvgIpc) is 3.00. The van der Waals surface area contributed by atoms with Crippen molar-refractivity contribution in [3.8, 4) is 11.3 Å². The first-order chi connectivity index (χ1) is 11.3. The topological polar surface area (TPSA) is 76.1 Å². The van der Waals surface area contributed by atoms with Gasteiger partial charge in [0.1, 0.15) is 5.25 Å². The number of unbranched alkanes of at least 4 members (excludes halogenated alkanes) is 1. The number of nitrogens with one attached hydrogen (secondary N) is 1. The fraction of sp³-hybridized carbons (Fsp3) is 0.412. The molecule has 1 N–H and O–H groups in total. The molecule has 7 heteroatoms. The summed E-state index contributed by atoms with van der Waals surface area (Å²) in [6.45, 7) is 3.54. The molecule has 2 aromatic rings. The zero-order valence-electron chi connectivity index (χ0n) is 14.1. The van der Waals surface area contributed by atoms with Crippen LogP contribution >= 0.6 is 11.3 Å². The average molecular weight is 367 g/mol. The lowest BCUT2D eigenvalue weighted by Crippen LogP contribution is -2.31. The lowest BCUT2D eigenvalue weighted by molar-refractivity contribution is -0.115. The Morgan fingerprint density at radius 2 is 1.96 bits per heavy atom. The number of carbonyl (C=O) groups is 1. The Morgan fingerprint density at radius 3 is 2.54 bits per heavy atom. The smallest absolute Gasteiger partial charge is 0.244 e. The molecule has 1 unspecified atom stereocenters. The van der Waals surface area contributed by atoms with E-state index in [0.717, 1.165) is 23.9 Å². The first-order valence-corrected chi connectivity index (χ1v) is 10.7.